The molecule has 1 unspecified atom stereocenters. The van der Waals surface area contributed by atoms with E-state index in [0.29, 0.717) is 19.8 Å². The predicted molar refractivity (Wildman–Crippen MR) is 127 cm³/mol. The van der Waals surface area contributed by atoms with Crippen LogP contribution in [0.4, 0.5) is 0 Å². The largest absolute Gasteiger partial charge is 0.389 e. The summed E-state index contributed by atoms with van der Waals surface area (Å²) in [4.78, 5) is 5.02. The van der Waals surface area contributed by atoms with Gasteiger partial charge >= 0.3 is 0 Å². The van der Waals surface area contributed by atoms with Crippen molar-refractivity contribution in [1.82, 2.24) is 9.80 Å². The van der Waals surface area contributed by atoms with E-state index in [4.69, 9.17) is 4.74 Å². The lowest BCUT2D eigenvalue weighted by molar-refractivity contribution is 0.0000798. The first-order valence-corrected chi connectivity index (χ1v) is 12.1. The van der Waals surface area contributed by atoms with Crippen LogP contribution in [0.3, 0.4) is 0 Å². The number of piperazine rings is 1. The molecule has 2 aromatic carbocycles. The summed E-state index contributed by atoms with van der Waals surface area (Å²) in [6.45, 7) is 7.32. The maximum Gasteiger partial charge on any atom is 0.0900 e. The molecule has 1 aliphatic carbocycles. The van der Waals surface area contributed by atoms with Gasteiger partial charge in [-0.05, 0) is 35.4 Å². The van der Waals surface area contributed by atoms with E-state index in [2.05, 4.69) is 58.3 Å². The number of aliphatic hydroxyl groups is 1. The van der Waals surface area contributed by atoms with Gasteiger partial charge in [-0.15, -0.1) is 0 Å². The first-order chi connectivity index (χ1) is 15.3. The lowest BCUT2D eigenvalue weighted by atomic mass is 9.89. The second kappa shape index (κ2) is 11.8. The van der Waals surface area contributed by atoms with Crippen LogP contribution >= 0.6 is 0 Å². The Balaban J connectivity index is 1.11. The smallest absolute Gasteiger partial charge is 0.0900 e. The molecule has 0 aromatic heterocycles. The highest BCUT2D eigenvalue weighted by Crippen LogP contribution is 2.25. The van der Waals surface area contributed by atoms with Gasteiger partial charge in [-0.25, -0.2) is 0 Å². The highest BCUT2D eigenvalue weighted by atomic mass is 16.5. The van der Waals surface area contributed by atoms with Gasteiger partial charge in [0.05, 0.1) is 19.3 Å². The number of β-amino-alcohol motifs (C(OH)–C–C–N with tert-alkyl or cyclic N) is 1. The van der Waals surface area contributed by atoms with Crippen LogP contribution in [0.1, 0.15) is 37.7 Å². The van der Waals surface area contributed by atoms with E-state index in [-0.39, 0.29) is 0 Å². The zero-order valence-corrected chi connectivity index (χ0v) is 18.8. The highest BCUT2D eigenvalue weighted by molar-refractivity contribution is 5.63. The van der Waals surface area contributed by atoms with Gasteiger partial charge in [0.2, 0.25) is 0 Å². The van der Waals surface area contributed by atoms with Crippen molar-refractivity contribution < 1.29 is 9.84 Å². The van der Waals surface area contributed by atoms with Gasteiger partial charge < -0.3 is 14.7 Å². The van der Waals surface area contributed by atoms with Crippen molar-refractivity contribution in [2.24, 2.45) is 5.92 Å². The number of aliphatic hydroxyl groups excluding tert-OH is 1. The quantitative estimate of drug-likeness (QED) is 0.649. The van der Waals surface area contributed by atoms with Crippen LogP contribution in [-0.2, 0) is 11.3 Å². The molecule has 1 saturated heterocycles. The van der Waals surface area contributed by atoms with E-state index in [9.17, 15) is 5.11 Å². The Hall–Kier alpha value is -1.72. The van der Waals surface area contributed by atoms with E-state index in [0.717, 1.165) is 37.7 Å². The topological polar surface area (TPSA) is 35.9 Å². The molecule has 0 radical (unpaired) electrons. The number of benzene rings is 2. The molecule has 31 heavy (non-hydrogen) atoms. The standard InChI is InChI=1S/C27H38N2O2/c30-27(20-29-17-15-28(16-18-29)19-23-7-3-1-4-8-23)22-31-21-24-11-13-26(14-12-24)25-9-5-2-6-10-25/h2,5-6,9-14,23,27,30H,1,3-4,7-8,15-22H2. The van der Waals surface area contributed by atoms with Gasteiger partial charge in [0.15, 0.2) is 0 Å². The molecule has 0 bridgehead atoms. The Morgan fingerprint density at radius 1 is 0.806 bits per heavy atom. The second-order valence-corrected chi connectivity index (χ2v) is 9.34. The Bertz CT molecular complexity index is 751. The fourth-order valence-corrected chi connectivity index (χ4v) is 4.98. The van der Waals surface area contributed by atoms with E-state index < -0.39 is 6.10 Å². The van der Waals surface area contributed by atoms with Gasteiger partial charge in [0.25, 0.3) is 0 Å². The van der Waals surface area contributed by atoms with Crippen molar-refractivity contribution in [2.45, 2.75) is 44.8 Å². The van der Waals surface area contributed by atoms with Crippen LogP contribution in [0, 0.1) is 5.92 Å². The summed E-state index contributed by atoms with van der Waals surface area (Å²) in [7, 11) is 0. The van der Waals surface area contributed by atoms with Gasteiger partial charge in [0.1, 0.15) is 0 Å². The molecule has 1 N–H and O–H groups in total. The van der Waals surface area contributed by atoms with E-state index in [1.807, 2.05) is 6.07 Å². The summed E-state index contributed by atoms with van der Waals surface area (Å²) in [5, 5.41) is 10.4. The SMILES string of the molecule is OC(COCc1ccc(-c2ccccc2)cc1)CN1CCN(CC2CCCCC2)CC1. The lowest BCUT2D eigenvalue weighted by Gasteiger charge is -2.37. The third-order valence-corrected chi connectivity index (χ3v) is 6.82. The monoisotopic (exact) mass is 422 g/mol. The maximum absolute atomic E-state index is 10.4. The zero-order valence-electron chi connectivity index (χ0n) is 18.8. The van der Waals surface area contributed by atoms with Crippen LogP contribution in [0.5, 0.6) is 0 Å². The molecule has 1 saturated carbocycles. The van der Waals surface area contributed by atoms with Crippen LogP contribution in [0.25, 0.3) is 11.1 Å². The Kier molecular flexibility index (Phi) is 8.53. The van der Waals surface area contributed by atoms with Crippen LogP contribution in [-0.4, -0.2) is 66.9 Å². The molecule has 2 aromatic rings. The maximum atomic E-state index is 10.4. The minimum absolute atomic E-state index is 0.392. The van der Waals surface area contributed by atoms with Crippen molar-refractivity contribution in [2.75, 3.05) is 45.9 Å². The van der Waals surface area contributed by atoms with Crippen LogP contribution in [0.15, 0.2) is 54.6 Å². The zero-order chi connectivity index (χ0) is 21.3. The molecule has 4 heteroatoms. The third-order valence-electron chi connectivity index (χ3n) is 6.82. The summed E-state index contributed by atoms with van der Waals surface area (Å²) in [5.74, 6) is 0.918. The molecule has 2 fully saturated rings. The molecule has 4 rings (SSSR count). The van der Waals surface area contributed by atoms with Crippen LogP contribution < -0.4 is 0 Å². The summed E-state index contributed by atoms with van der Waals surface area (Å²) in [5.41, 5.74) is 3.58. The summed E-state index contributed by atoms with van der Waals surface area (Å²) >= 11 is 0. The fourth-order valence-electron chi connectivity index (χ4n) is 4.98. The van der Waals surface area contributed by atoms with Gasteiger partial charge in [-0.2, -0.15) is 0 Å². The minimum atomic E-state index is -0.423. The van der Waals surface area contributed by atoms with Crippen molar-refractivity contribution in [3.63, 3.8) is 0 Å². The minimum Gasteiger partial charge on any atom is -0.389 e. The predicted octanol–water partition coefficient (Wildman–Crippen LogP) is 4.43. The average Bonchev–Trinajstić information content (AvgIpc) is 2.82. The number of hydrogen-bond acceptors (Lipinski definition) is 4. The Morgan fingerprint density at radius 3 is 2.16 bits per heavy atom. The molecule has 0 spiro atoms. The van der Waals surface area contributed by atoms with Crippen molar-refractivity contribution >= 4 is 0 Å². The molecule has 2 aliphatic rings. The van der Waals surface area contributed by atoms with Crippen molar-refractivity contribution in [3.05, 3.63) is 60.2 Å². The van der Waals surface area contributed by atoms with Gasteiger partial charge in [0, 0.05) is 39.3 Å². The van der Waals surface area contributed by atoms with Gasteiger partial charge in [-0.3, -0.25) is 4.90 Å². The first-order valence-electron chi connectivity index (χ1n) is 12.1. The summed E-state index contributed by atoms with van der Waals surface area (Å²) in [6, 6.07) is 18.9. The molecule has 1 heterocycles. The molecular formula is C27H38N2O2. The summed E-state index contributed by atoms with van der Waals surface area (Å²) in [6.07, 6.45) is 6.70. The highest BCUT2D eigenvalue weighted by Gasteiger charge is 2.22. The summed E-state index contributed by atoms with van der Waals surface area (Å²) < 4.78 is 5.80. The average molecular weight is 423 g/mol. The first kappa shape index (κ1) is 22.5. The number of ether oxygens (including phenoxy) is 1. The molecule has 4 nitrogen and oxygen atoms in total. The number of rotatable bonds is 9. The third kappa shape index (κ3) is 7.15. The van der Waals surface area contributed by atoms with E-state index in [1.165, 1.54) is 49.8 Å². The van der Waals surface area contributed by atoms with Gasteiger partial charge in [-0.1, -0.05) is 73.9 Å². The molecule has 1 atom stereocenters. The fraction of sp³-hybridized carbons (Fsp3) is 0.556. The number of hydrogen-bond donors (Lipinski definition) is 1. The number of nitrogens with zero attached hydrogens (tertiary/aromatic N) is 2. The molecular weight excluding hydrogens is 384 g/mol. The Labute approximate surface area is 187 Å². The van der Waals surface area contributed by atoms with Crippen molar-refractivity contribution in [3.8, 4) is 11.1 Å². The molecule has 0 amide bonds. The van der Waals surface area contributed by atoms with Crippen LogP contribution in [0.2, 0.25) is 0 Å². The van der Waals surface area contributed by atoms with E-state index in [1.54, 1.807) is 0 Å². The lowest BCUT2D eigenvalue weighted by Crippen LogP contribution is -2.50. The van der Waals surface area contributed by atoms with Crippen molar-refractivity contribution in [1.29, 1.82) is 0 Å². The molecule has 1 aliphatic heterocycles. The second-order valence-electron chi connectivity index (χ2n) is 9.34. The normalized spacial score (nSPS) is 20.0. The van der Waals surface area contributed by atoms with E-state index >= 15 is 0 Å². The molecule has 168 valence electrons. The Morgan fingerprint density at radius 2 is 1.45 bits per heavy atom.